The van der Waals surface area contributed by atoms with Crippen LogP contribution in [-0.4, -0.2) is 33.4 Å². The largest absolute Gasteiger partial charge is 0.416 e. The van der Waals surface area contributed by atoms with Crippen molar-refractivity contribution in [3.05, 3.63) is 29.3 Å². The highest BCUT2D eigenvalue weighted by Crippen LogP contribution is 2.34. The molecule has 1 N–H and O–H groups in total. The van der Waals surface area contributed by atoms with Gasteiger partial charge in [-0.05, 0) is 38.6 Å². The first kappa shape index (κ1) is 17.8. The fourth-order valence-electron chi connectivity index (χ4n) is 2.16. The summed E-state index contributed by atoms with van der Waals surface area (Å²) in [6.07, 6.45) is -4.35. The lowest BCUT2D eigenvalue weighted by Crippen LogP contribution is -2.27. The third-order valence-corrected chi connectivity index (χ3v) is 3.22. The summed E-state index contributed by atoms with van der Waals surface area (Å²) in [5.74, 6) is 0. The molecule has 1 aromatic rings. The number of rotatable bonds is 8. The Morgan fingerprint density at radius 2 is 1.95 bits per heavy atom. The van der Waals surface area contributed by atoms with Crippen molar-refractivity contribution < 1.29 is 17.9 Å². The highest BCUT2D eigenvalue weighted by molar-refractivity contribution is 5.52. The molecule has 0 spiro atoms. The Hall–Kier alpha value is -1.27. The van der Waals surface area contributed by atoms with Crippen LogP contribution in [0.5, 0.6) is 0 Å². The Labute approximate surface area is 124 Å². The summed E-state index contributed by atoms with van der Waals surface area (Å²) in [6.45, 7) is 6.32. The topological polar surface area (TPSA) is 24.5 Å². The van der Waals surface area contributed by atoms with E-state index in [1.165, 1.54) is 12.1 Å². The van der Waals surface area contributed by atoms with Crippen molar-refractivity contribution in [2.75, 3.05) is 38.3 Å². The normalized spacial score (nSPS) is 11.7. The standard InChI is InChI=1S/C15H23F3N2O/c1-4-20(8-9-21-5-2)13-7-6-12(11-19-3)14(10-13)15(16,17)18/h6-7,10,19H,4-5,8-9,11H2,1-3H3. The first-order valence-corrected chi connectivity index (χ1v) is 7.11. The van der Waals surface area contributed by atoms with Crippen molar-refractivity contribution >= 4 is 5.69 Å². The highest BCUT2D eigenvalue weighted by atomic mass is 19.4. The van der Waals surface area contributed by atoms with Gasteiger partial charge in [-0.2, -0.15) is 13.2 Å². The van der Waals surface area contributed by atoms with Crippen LogP contribution >= 0.6 is 0 Å². The minimum absolute atomic E-state index is 0.195. The predicted octanol–water partition coefficient (Wildman–Crippen LogP) is 3.29. The summed E-state index contributed by atoms with van der Waals surface area (Å²) in [5.41, 5.74) is 0.253. The number of hydrogen-bond donors (Lipinski definition) is 1. The molecule has 120 valence electrons. The van der Waals surface area contributed by atoms with Crippen LogP contribution in [-0.2, 0) is 17.5 Å². The van der Waals surface area contributed by atoms with E-state index in [9.17, 15) is 13.2 Å². The monoisotopic (exact) mass is 304 g/mol. The maximum Gasteiger partial charge on any atom is 0.416 e. The second-order valence-corrected chi connectivity index (χ2v) is 4.65. The molecule has 0 heterocycles. The number of hydrogen-bond acceptors (Lipinski definition) is 3. The molecule has 6 heteroatoms. The van der Waals surface area contributed by atoms with Gasteiger partial charge in [0.1, 0.15) is 0 Å². The molecular formula is C15H23F3N2O. The number of nitrogens with zero attached hydrogens (tertiary/aromatic N) is 1. The van der Waals surface area contributed by atoms with Crippen LogP contribution in [0.1, 0.15) is 25.0 Å². The number of alkyl halides is 3. The van der Waals surface area contributed by atoms with Gasteiger partial charge in [0, 0.05) is 31.9 Å². The van der Waals surface area contributed by atoms with Crippen LogP contribution < -0.4 is 10.2 Å². The third kappa shape index (κ3) is 5.21. The third-order valence-electron chi connectivity index (χ3n) is 3.22. The number of ether oxygens (including phenoxy) is 1. The van der Waals surface area contributed by atoms with Crippen molar-refractivity contribution in [1.82, 2.24) is 5.32 Å². The van der Waals surface area contributed by atoms with Crippen molar-refractivity contribution in [2.45, 2.75) is 26.6 Å². The van der Waals surface area contributed by atoms with E-state index >= 15 is 0 Å². The molecule has 1 rings (SSSR count). The minimum atomic E-state index is -4.35. The van der Waals surface area contributed by atoms with Gasteiger partial charge in [-0.25, -0.2) is 0 Å². The van der Waals surface area contributed by atoms with E-state index in [1.54, 1.807) is 13.1 Å². The van der Waals surface area contributed by atoms with Gasteiger partial charge in [0.2, 0.25) is 0 Å². The average molecular weight is 304 g/mol. The van der Waals surface area contributed by atoms with Crippen molar-refractivity contribution in [1.29, 1.82) is 0 Å². The SMILES string of the molecule is CCOCCN(CC)c1ccc(CNC)c(C(F)(F)F)c1. The Bertz CT molecular complexity index is 435. The van der Waals surface area contributed by atoms with Crippen LogP contribution in [0.3, 0.4) is 0 Å². The first-order valence-electron chi connectivity index (χ1n) is 7.11. The second kappa shape index (κ2) is 8.24. The molecule has 1 aromatic carbocycles. The van der Waals surface area contributed by atoms with Crippen LogP contribution in [0, 0.1) is 0 Å². The maximum atomic E-state index is 13.2. The first-order chi connectivity index (χ1) is 9.93. The zero-order valence-corrected chi connectivity index (χ0v) is 12.8. The molecule has 0 atom stereocenters. The lowest BCUT2D eigenvalue weighted by molar-refractivity contribution is -0.138. The van der Waals surface area contributed by atoms with Gasteiger partial charge in [0.15, 0.2) is 0 Å². The zero-order chi connectivity index (χ0) is 15.9. The summed E-state index contributed by atoms with van der Waals surface area (Å²) in [4.78, 5) is 1.88. The molecule has 0 radical (unpaired) electrons. The minimum Gasteiger partial charge on any atom is -0.380 e. The molecule has 0 fully saturated rings. The molecule has 0 aliphatic rings. The molecule has 21 heavy (non-hydrogen) atoms. The number of halogens is 3. The van der Waals surface area contributed by atoms with Crippen molar-refractivity contribution in [3.8, 4) is 0 Å². The molecule has 0 saturated heterocycles. The van der Waals surface area contributed by atoms with Crippen LogP contribution in [0.2, 0.25) is 0 Å². The van der Waals surface area contributed by atoms with E-state index in [4.69, 9.17) is 4.74 Å². The molecule has 0 bridgehead atoms. The van der Waals surface area contributed by atoms with E-state index in [1.807, 2.05) is 18.7 Å². The molecule has 0 aromatic heterocycles. The summed E-state index contributed by atoms with van der Waals surface area (Å²) < 4.78 is 44.7. The van der Waals surface area contributed by atoms with E-state index in [0.29, 0.717) is 32.0 Å². The van der Waals surface area contributed by atoms with Gasteiger partial charge in [-0.15, -0.1) is 0 Å². The van der Waals surface area contributed by atoms with Gasteiger partial charge in [-0.3, -0.25) is 0 Å². The van der Waals surface area contributed by atoms with Crippen LogP contribution in [0.4, 0.5) is 18.9 Å². The quantitative estimate of drug-likeness (QED) is 0.746. The zero-order valence-electron chi connectivity index (χ0n) is 12.8. The molecule has 3 nitrogen and oxygen atoms in total. The van der Waals surface area contributed by atoms with Crippen LogP contribution in [0.15, 0.2) is 18.2 Å². The predicted molar refractivity (Wildman–Crippen MR) is 78.6 cm³/mol. The molecular weight excluding hydrogens is 281 g/mol. The Balaban J connectivity index is 3.02. The van der Waals surface area contributed by atoms with Gasteiger partial charge < -0.3 is 15.0 Å². The van der Waals surface area contributed by atoms with E-state index in [2.05, 4.69) is 5.32 Å². The molecule has 0 saturated carbocycles. The van der Waals surface area contributed by atoms with Gasteiger partial charge in [0.25, 0.3) is 0 Å². The summed E-state index contributed by atoms with van der Waals surface area (Å²) in [7, 11) is 1.63. The summed E-state index contributed by atoms with van der Waals surface area (Å²) in [5, 5.41) is 2.77. The molecule has 0 aliphatic heterocycles. The average Bonchev–Trinajstić information content (AvgIpc) is 2.43. The maximum absolute atomic E-state index is 13.2. The Morgan fingerprint density at radius 3 is 2.48 bits per heavy atom. The molecule has 0 amide bonds. The second-order valence-electron chi connectivity index (χ2n) is 4.65. The van der Waals surface area contributed by atoms with E-state index in [0.717, 1.165) is 0 Å². The molecule has 0 aliphatic carbocycles. The van der Waals surface area contributed by atoms with E-state index in [-0.39, 0.29) is 12.1 Å². The number of anilines is 1. The molecule has 0 unspecified atom stereocenters. The highest BCUT2D eigenvalue weighted by Gasteiger charge is 2.33. The summed E-state index contributed by atoms with van der Waals surface area (Å²) >= 11 is 0. The lowest BCUT2D eigenvalue weighted by atomic mass is 10.1. The number of likely N-dealkylation sites (N-methyl/N-ethyl adjacent to an activating group) is 1. The number of benzene rings is 1. The lowest BCUT2D eigenvalue weighted by Gasteiger charge is -2.25. The fourth-order valence-corrected chi connectivity index (χ4v) is 2.16. The summed E-state index contributed by atoms with van der Waals surface area (Å²) in [6, 6.07) is 4.50. The van der Waals surface area contributed by atoms with Gasteiger partial charge >= 0.3 is 6.18 Å². The van der Waals surface area contributed by atoms with Crippen molar-refractivity contribution in [3.63, 3.8) is 0 Å². The number of nitrogens with one attached hydrogen (secondary N) is 1. The smallest absolute Gasteiger partial charge is 0.380 e. The van der Waals surface area contributed by atoms with E-state index < -0.39 is 11.7 Å². The Morgan fingerprint density at radius 1 is 1.24 bits per heavy atom. The van der Waals surface area contributed by atoms with Gasteiger partial charge in [0.05, 0.1) is 12.2 Å². The van der Waals surface area contributed by atoms with Crippen molar-refractivity contribution in [2.24, 2.45) is 0 Å². The van der Waals surface area contributed by atoms with Crippen LogP contribution in [0.25, 0.3) is 0 Å². The fraction of sp³-hybridized carbons (Fsp3) is 0.600. The van der Waals surface area contributed by atoms with Gasteiger partial charge in [-0.1, -0.05) is 6.07 Å². The Kier molecular flexibility index (Phi) is 6.98.